The van der Waals surface area contributed by atoms with E-state index in [4.69, 9.17) is 18.9 Å². The third-order valence-electron chi connectivity index (χ3n) is 2.96. The first-order chi connectivity index (χ1) is 10.4. The first-order valence-electron chi connectivity index (χ1n) is 7.29. The lowest BCUT2D eigenvalue weighted by Crippen LogP contribution is -2.21. The molecule has 1 N–H and O–H groups in total. The fraction of sp³-hybridized carbons (Fsp3) is 0.625. The van der Waals surface area contributed by atoms with Gasteiger partial charge in [-0.3, -0.25) is 0 Å². The average Bonchev–Trinajstić information content (AvgIpc) is 2.51. The van der Waals surface area contributed by atoms with Crippen molar-refractivity contribution in [2.75, 3.05) is 53.8 Å². The van der Waals surface area contributed by atoms with Crippen molar-refractivity contribution in [3.63, 3.8) is 0 Å². The van der Waals surface area contributed by atoms with Crippen molar-refractivity contribution < 1.29 is 18.9 Å². The van der Waals surface area contributed by atoms with E-state index in [1.807, 2.05) is 12.1 Å². The summed E-state index contributed by atoms with van der Waals surface area (Å²) in [5, 5.41) is 3.37. The lowest BCUT2D eigenvalue weighted by atomic mass is 10.1. The molecule has 0 aliphatic carbocycles. The SMILES string of the molecule is COCCOCCOCCNCc1ccccc1COC. The molecule has 0 heterocycles. The molecule has 21 heavy (non-hydrogen) atoms. The second-order valence-corrected chi connectivity index (χ2v) is 4.60. The highest BCUT2D eigenvalue weighted by atomic mass is 16.5. The summed E-state index contributed by atoms with van der Waals surface area (Å²) in [6, 6.07) is 8.29. The highest BCUT2D eigenvalue weighted by molar-refractivity contribution is 5.26. The lowest BCUT2D eigenvalue weighted by molar-refractivity contribution is 0.0255. The average molecular weight is 297 g/mol. The largest absolute Gasteiger partial charge is 0.382 e. The number of benzene rings is 1. The molecule has 0 saturated heterocycles. The third-order valence-corrected chi connectivity index (χ3v) is 2.96. The van der Waals surface area contributed by atoms with E-state index < -0.39 is 0 Å². The van der Waals surface area contributed by atoms with Gasteiger partial charge in [0, 0.05) is 27.3 Å². The van der Waals surface area contributed by atoms with Crippen LogP contribution in [0, 0.1) is 0 Å². The molecule has 0 aromatic heterocycles. The van der Waals surface area contributed by atoms with Gasteiger partial charge in [0.05, 0.1) is 39.6 Å². The van der Waals surface area contributed by atoms with Crippen LogP contribution in [-0.2, 0) is 32.1 Å². The molecular weight excluding hydrogens is 270 g/mol. The Balaban J connectivity index is 2.01. The summed E-state index contributed by atoms with van der Waals surface area (Å²) in [6.45, 7) is 5.45. The van der Waals surface area contributed by atoms with Crippen molar-refractivity contribution in [3.05, 3.63) is 35.4 Å². The minimum atomic E-state index is 0.611. The molecule has 120 valence electrons. The number of ether oxygens (including phenoxy) is 4. The maximum atomic E-state index is 5.48. The van der Waals surface area contributed by atoms with Gasteiger partial charge < -0.3 is 24.3 Å². The summed E-state index contributed by atoms with van der Waals surface area (Å²) in [4.78, 5) is 0. The maximum absolute atomic E-state index is 5.48. The van der Waals surface area contributed by atoms with Crippen molar-refractivity contribution in [1.29, 1.82) is 0 Å². The van der Waals surface area contributed by atoms with E-state index in [2.05, 4.69) is 17.4 Å². The van der Waals surface area contributed by atoms with Crippen molar-refractivity contribution in [2.24, 2.45) is 0 Å². The zero-order chi connectivity index (χ0) is 15.2. The molecule has 0 saturated carbocycles. The summed E-state index contributed by atoms with van der Waals surface area (Å²) in [5.41, 5.74) is 2.49. The minimum absolute atomic E-state index is 0.611. The normalized spacial score (nSPS) is 11.0. The van der Waals surface area contributed by atoms with Crippen LogP contribution in [0.15, 0.2) is 24.3 Å². The van der Waals surface area contributed by atoms with Crippen molar-refractivity contribution >= 4 is 0 Å². The fourth-order valence-corrected chi connectivity index (χ4v) is 1.86. The van der Waals surface area contributed by atoms with Crippen molar-refractivity contribution in [2.45, 2.75) is 13.2 Å². The molecule has 5 heteroatoms. The van der Waals surface area contributed by atoms with Crippen LogP contribution in [0.4, 0.5) is 0 Å². The predicted molar refractivity (Wildman–Crippen MR) is 82.4 cm³/mol. The van der Waals surface area contributed by atoms with Gasteiger partial charge in [0.2, 0.25) is 0 Å². The standard InChI is InChI=1S/C16H27NO4/c1-18-9-10-21-12-11-20-8-7-17-13-15-5-3-4-6-16(15)14-19-2/h3-6,17H,7-14H2,1-2H3. The first kappa shape index (κ1) is 18.1. The van der Waals surface area contributed by atoms with Gasteiger partial charge in [-0.15, -0.1) is 0 Å². The van der Waals surface area contributed by atoms with E-state index in [9.17, 15) is 0 Å². The van der Waals surface area contributed by atoms with Crippen LogP contribution in [0.5, 0.6) is 0 Å². The summed E-state index contributed by atoms with van der Waals surface area (Å²) in [7, 11) is 3.38. The quantitative estimate of drug-likeness (QED) is 0.561. The zero-order valence-corrected chi connectivity index (χ0v) is 13.1. The lowest BCUT2D eigenvalue weighted by Gasteiger charge is -2.10. The molecule has 5 nitrogen and oxygen atoms in total. The highest BCUT2D eigenvalue weighted by Gasteiger charge is 2.00. The van der Waals surface area contributed by atoms with E-state index in [1.165, 1.54) is 11.1 Å². The van der Waals surface area contributed by atoms with E-state index in [0.717, 1.165) is 13.1 Å². The van der Waals surface area contributed by atoms with Crippen LogP contribution in [-0.4, -0.2) is 53.8 Å². The van der Waals surface area contributed by atoms with Crippen LogP contribution >= 0.6 is 0 Å². The molecular formula is C16H27NO4. The Kier molecular flexibility index (Phi) is 11.0. The monoisotopic (exact) mass is 297 g/mol. The van der Waals surface area contributed by atoms with Crippen molar-refractivity contribution in [3.8, 4) is 0 Å². The first-order valence-corrected chi connectivity index (χ1v) is 7.29. The van der Waals surface area contributed by atoms with Crippen LogP contribution < -0.4 is 5.32 Å². The topological polar surface area (TPSA) is 49.0 Å². The van der Waals surface area contributed by atoms with E-state index in [-0.39, 0.29) is 0 Å². The van der Waals surface area contributed by atoms with E-state index in [0.29, 0.717) is 39.6 Å². The Hall–Kier alpha value is -0.980. The van der Waals surface area contributed by atoms with Gasteiger partial charge in [-0.1, -0.05) is 24.3 Å². The van der Waals surface area contributed by atoms with E-state index in [1.54, 1.807) is 14.2 Å². The number of rotatable bonds is 13. The van der Waals surface area contributed by atoms with Gasteiger partial charge in [-0.2, -0.15) is 0 Å². The number of hydrogen-bond donors (Lipinski definition) is 1. The minimum Gasteiger partial charge on any atom is -0.382 e. The van der Waals surface area contributed by atoms with Gasteiger partial charge in [0.25, 0.3) is 0 Å². The highest BCUT2D eigenvalue weighted by Crippen LogP contribution is 2.09. The summed E-state index contributed by atoms with van der Waals surface area (Å²) < 4.78 is 20.9. The second kappa shape index (κ2) is 12.7. The molecule has 0 aliphatic rings. The number of hydrogen-bond acceptors (Lipinski definition) is 5. The fourth-order valence-electron chi connectivity index (χ4n) is 1.86. The van der Waals surface area contributed by atoms with Gasteiger partial charge >= 0.3 is 0 Å². The van der Waals surface area contributed by atoms with E-state index >= 15 is 0 Å². The van der Waals surface area contributed by atoms with Crippen LogP contribution in [0.1, 0.15) is 11.1 Å². The van der Waals surface area contributed by atoms with Crippen LogP contribution in [0.3, 0.4) is 0 Å². The molecule has 0 amide bonds. The molecule has 1 aromatic rings. The molecule has 0 bridgehead atoms. The summed E-state index contributed by atoms with van der Waals surface area (Å²) in [5.74, 6) is 0. The summed E-state index contributed by atoms with van der Waals surface area (Å²) >= 11 is 0. The van der Waals surface area contributed by atoms with Crippen LogP contribution in [0.25, 0.3) is 0 Å². The second-order valence-electron chi connectivity index (χ2n) is 4.60. The Bertz CT molecular complexity index is 360. The Morgan fingerprint density at radius 2 is 1.48 bits per heavy atom. The van der Waals surface area contributed by atoms with Gasteiger partial charge in [0.15, 0.2) is 0 Å². The smallest absolute Gasteiger partial charge is 0.0716 e. The Labute approximate surface area is 127 Å². The third kappa shape index (κ3) is 8.80. The Morgan fingerprint density at radius 3 is 2.19 bits per heavy atom. The molecule has 0 spiro atoms. The molecule has 0 fully saturated rings. The predicted octanol–water partition coefficient (Wildman–Crippen LogP) is 1.60. The number of methoxy groups -OCH3 is 2. The van der Waals surface area contributed by atoms with Gasteiger partial charge in [-0.25, -0.2) is 0 Å². The van der Waals surface area contributed by atoms with Gasteiger partial charge in [0.1, 0.15) is 0 Å². The van der Waals surface area contributed by atoms with Gasteiger partial charge in [-0.05, 0) is 11.1 Å². The molecule has 0 radical (unpaired) electrons. The molecule has 0 unspecified atom stereocenters. The number of nitrogens with one attached hydrogen (secondary N) is 1. The summed E-state index contributed by atoms with van der Waals surface area (Å²) in [6.07, 6.45) is 0. The zero-order valence-electron chi connectivity index (χ0n) is 13.1. The van der Waals surface area contributed by atoms with Crippen LogP contribution in [0.2, 0.25) is 0 Å². The molecule has 1 aromatic carbocycles. The molecule has 1 rings (SSSR count). The Morgan fingerprint density at radius 1 is 0.810 bits per heavy atom. The maximum Gasteiger partial charge on any atom is 0.0716 e. The molecule has 0 aliphatic heterocycles. The molecule has 0 atom stereocenters. The van der Waals surface area contributed by atoms with Crippen molar-refractivity contribution in [1.82, 2.24) is 5.32 Å².